The van der Waals surface area contributed by atoms with Crippen LogP contribution < -0.4 is 5.32 Å². The summed E-state index contributed by atoms with van der Waals surface area (Å²) in [6.45, 7) is 7.25. The van der Waals surface area contributed by atoms with Gasteiger partial charge in [-0.15, -0.1) is 16.8 Å². The van der Waals surface area contributed by atoms with Crippen LogP contribution in [0.5, 0.6) is 0 Å². The maximum atomic E-state index is 12.5. The quantitative estimate of drug-likeness (QED) is 0.687. The lowest BCUT2D eigenvalue weighted by molar-refractivity contribution is -0.128. The maximum absolute atomic E-state index is 12.5. The molecule has 2 aromatic rings. The number of carbonyl (C=O) groups is 2. The third kappa shape index (κ3) is 5.00. The van der Waals surface area contributed by atoms with E-state index < -0.39 is 0 Å². The fraction of sp³-hybridized carbons (Fsp3) is 0.522. The number of hydrogen-bond donors (Lipinski definition) is 1. The van der Waals surface area contributed by atoms with Crippen LogP contribution in [-0.2, 0) is 9.59 Å². The number of aryl methyl sites for hydroxylation is 1. The lowest BCUT2D eigenvalue weighted by Gasteiger charge is -2.27. The van der Waals surface area contributed by atoms with E-state index in [1.54, 1.807) is 17.2 Å². The summed E-state index contributed by atoms with van der Waals surface area (Å²) in [6, 6.07) is 3.87. The van der Waals surface area contributed by atoms with Gasteiger partial charge in [0.25, 0.3) is 0 Å². The molecule has 4 rings (SSSR count). The van der Waals surface area contributed by atoms with E-state index in [2.05, 4.69) is 27.1 Å². The molecule has 2 amide bonds. The van der Waals surface area contributed by atoms with Gasteiger partial charge in [0.1, 0.15) is 0 Å². The first-order valence-electron chi connectivity index (χ1n) is 11.0. The second-order valence-corrected chi connectivity index (χ2v) is 8.58. The van der Waals surface area contributed by atoms with Crippen molar-refractivity contribution in [3.63, 3.8) is 0 Å². The largest absolute Gasteiger partial charge is 0.420 e. The van der Waals surface area contributed by atoms with E-state index in [4.69, 9.17) is 4.42 Å². The average molecular weight is 424 g/mol. The number of aromatic nitrogens is 3. The van der Waals surface area contributed by atoms with Crippen molar-refractivity contribution in [3.8, 4) is 11.5 Å². The van der Waals surface area contributed by atoms with Crippen molar-refractivity contribution < 1.29 is 14.0 Å². The summed E-state index contributed by atoms with van der Waals surface area (Å²) in [5, 5.41) is 11.5. The van der Waals surface area contributed by atoms with Crippen LogP contribution in [0.3, 0.4) is 0 Å². The molecule has 2 aromatic heterocycles. The van der Waals surface area contributed by atoms with E-state index in [-0.39, 0.29) is 23.7 Å². The molecule has 1 unspecified atom stereocenters. The van der Waals surface area contributed by atoms with Gasteiger partial charge in [-0.1, -0.05) is 6.08 Å². The van der Waals surface area contributed by atoms with Gasteiger partial charge in [0.15, 0.2) is 0 Å². The molecule has 2 fully saturated rings. The molecular weight excluding hydrogens is 394 g/mol. The van der Waals surface area contributed by atoms with E-state index >= 15 is 0 Å². The molecule has 8 heteroatoms. The zero-order valence-corrected chi connectivity index (χ0v) is 17.9. The standard InChI is InChI=1S/C23H29N5O3/c1-3-10-28-14-19(11-20(28)29)21(30)25-12-16-5-8-17(9-6-16)22-26-27-23(31-22)18-7-4-15(2)24-13-18/h3-4,7,13,16-17,19H,1,5-6,8-12,14H2,2H3,(H,25,30). The van der Waals surface area contributed by atoms with Crippen LogP contribution in [-0.4, -0.2) is 51.5 Å². The van der Waals surface area contributed by atoms with Crippen LogP contribution in [0.1, 0.15) is 49.6 Å². The molecule has 0 spiro atoms. The molecule has 1 saturated heterocycles. The Morgan fingerprint density at radius 1 is 1.29 bits per heavy atom. The minimum Gasteiger partial charge on any atom is -0.420 e. The fourth-order valence-corrected chi connectivity index (χ4v) is 4.39. The molecule has 3 heterocycles. The predicted molar refractivity (Wildman–Crippen MR) is 115 cm³/mol. The van der Waals surface area contributed by atoms with Crippen LogP contribution in [0.25, 0.3) is 11.5 Å². The molecule has 164 valence electrons. The van der Waals surface area contributed by atoms with Gasteiger partial charge < -0.3 is 14.6 Å². The summed E-state index contributed by atoms with van der Waals surface area (Å²) in [5.74, 6) is 1.64. The molecule has 1 atom stereocenters. The molecule has 1 aliphatic heterocycles. The molecule has 1 N–H and O–H groups in total. The molecule has 1 aliphatic carbocycles. The van der Waals surface area contributed by atoms with Crippen LogP contribution >= 0.6 is 0 Å². The van der Waals surface area contributed by atoms with Crippen molar-refractivity contribution in [1.29, 1.82) is 0 Å². The maximum Gasteiger partial charge on any atom is 0.249 e. The first kappa shape index (κ1) is 21.2. The van der Waals surface area contributed by atoms with Crippen molar-refractivity contribution in [2.75, 3.05) is 19.6 Å². The van der Waals surface area contributed by atoms with E-state index in [1.807, 2.05) is 19.1 Å². The van der Waals surface area contributed by atoms with Crippen LogP contribution in [0.4, 0.5) is 0 Å². The Labute approximate surface area is 182 Å². The number of amides is 2. The van der Waals surface area contributed by atoms with Crippen molar-refractivity contribution >= 4 is 11.8 Å². The second kappa shape index (κ2) is 9.41. The smallest absolute Gasteiger partial charge is 0.249 e. The monoisotopic (exact) mass is 423 g/mol. The third-order valence-corrected chi connectivity index (χ3v) is 6.29. The average Bonchev–Trinajstić information content (AvgIpc) is 3.41. The number of nitrogens with zero attached hydrogens (tertiary/aromatic N) is 4. The number of likely N-dealkylation sites (tertiary alicyclic amines) is 1. The highest BCUT2D eigenvalue weighted by molar-refractivity contribution is 5.89. The van der Waals surface area contributed by atoms with Gasteiger partial charge in [-0.05, 0) is 50.7 Å². The molecule has 0 aromatic carbocycles. The van der Waals surface area contributed by atoms with Gasteiger partial charge >= 0.3 is 0 Å². The molecular formula is C23H29N5O3. The van der Waals surface area contributed by atoms with Gasteiger partial charge in [0.2, 0.25) is 23.6 Å². The second-order valence-electron chi connectivity index (χ2n) is 8.58. The Kier molecular flexibility index (Phi) is 6.44. The highest BCUT2D eigenvalue weighted by atomic mass is 16.4. The molecule has 8 nitrogen and oxygen atoms in total. The summed E-state index contributed by atoms with van der Waals surface area (Å²) in [4.78, 5) is 30.4. The summed E-state index contributed by atoms with van der Waals surface area (Å²) in [6.07, 6.45) is 7.67. The first-order valence-corrected chi connectivity index (χ1v) is 11.0. The van der Waals surface area contributed by atoms with Crippen LogP contribution in [0.2, 0.25) is 0 Å². The molecule has 1 saturated carbocycles. The number of rotatable bonds is 7. The van der Waals surface area contributed by atoms with Crippen molar-refractivity contribution in [3.05, 3.63) is 42.6 Å². The van der Waals surface area contributed by atoms with Gasteiger partial charge in [-0.2, -0.15) is 0 Å². The Morgan fingerprint density at radius 3 is 2.81 bits per heavy atom. The highest BCUT2D eigenvalue weighted by Crippen LogP contribution is 2.35. The number of carbonyl (C=O) groups excluding carboxylic acids is 2. The van der Waals surface area contributed by atoms with Crippen LogP contribution in [0, 0.1) is 18.8 Å². The minimum atomic E-state index is -0.253. The van der Waals surface area contributed by atoms with Crippen molar-refractivity contribution in [2.24, 2.45) is 11.8 Å². The van der Waals surface area contributed by atoms with Gasteiger partial charge in [-0.25, -0.2) is 0 Å². The zero-order chi connectivity index (χ0) is 21.8. The number of nitrogens with one attached hydrogen (secondary N) is 1. The normalized spacial score (nSPS) is 23.7. The summed E-state index contributed by atoms with van der Waals surface area (Å²) in [7, 11) is 0. The van der Waals surface area contributed by atoms with E-state index in [9.17, 15) is 9.59 Å². The molecule has 0 radical (unpaired) electrons. The van der Waals surface area contributed by atoms with E-state index in [1.165, 1.54) is 0 Å². The third-order valence-electron chi connectivity index (χ3n) is 6.29. The minimum absolute atomic E-state index is 0.0183. The summed E-state index contributed by atoms with van der Waals surface area (Å²) >= 11 is 0. The molecule has 0 bridgehead atoms. The SMILES string of the molecule is C=CCN1CC(C(=O)NCC2CCC(c3nnc(-c4ccc(C)nc4)o3)CC2)CC1=O. The Balaban J connectivity index is 1.23. The van der Waals surface area contributed by atoms with Gasteiger partial charge in [0.05, 0.1) is 11.5 Å². The summed E-state index contributed by atoms with van der Waals surface area (Å²) < 4.78 is 5.91. The topological polar surface area (TPSA) is 101 Å². The number of pyridine rings is 1. The molecule has 2 aliphatic rings. The van der Waals surface area contributed by atoms with Gasteiger partial charge in [-0.3, -0.25) is 14.6 Å². The van der Waals surface area contributed by atoms with E-state index in [0.29, 0.717) is 43.8 Å². The molecule has 31 heavy (non-hydrogen) atoms. The lowest BCUT2D eigenvalue weighted by atomic mass is 9.82. The van der Waals surface area contributed by atoms with Crippen LogP contribution in [0.15, 0.2) is 35.4 Å². The number of hydrogen-bond acceptors (Lipinski definition) is 6. The van der Waals surface area contributed by atoms with Crippen molar-refractivity contribution in [1.82, 2.24) is 25.4 Å². The fourth-order valence-electron chi connectivity index (χ4n) is 4.39. The first-order chi connectivity index (χ1) is 15.0. The summed E-state index contributed by atoms with van der Waals surface area (Å²) in [5.41, 5.74) is 1.78. The van der Waals surface area contributed by atoms with Crippen molar-refractivity contribution in [2.45, 2.75) is 44.9 Å². The van der Waals surface area contributed by atoms with E-state index in [0.717, 1.165) is 36.9 Å². The Hall–Kier alpha value is -3.03. The highest BCUT2D eigenvalue weighted by Gasteiger charge is 2.34. The Bertz CT molecular complexity index is 931. The predicted octanol–water partition coefficient (Wildman–Crippen LogP) is 2.86. The van der Waals surface area contributed by atoms with Gasteiger partial charge in [0, 0.05) is 43.9 Å². The lowest BCUT2D eigenvalue weighted by Crippen LogP contribution is -2.36. The Morgan fingerprint density at radius 2 is 2.10 bits per heavy atom. The zero-order valence-electron chi connectivity index (χ0n) is 17.9.